The topological polar surface area (TPSA) is 87.5 Å². The van der Waals surface area contributed by atoms with Gasteiger partial charge < -0.3 is 15.3 Å². The lowest BCUT2D eigenvalue weighted by Gasteiger charge is -2.30. The second-order valence-corrected chi connectivity index (χ2v) is 4.86. The molecule has 7 heteroatoms. The molecule has 1 saturated heterocycles. The highest BCUT2D eigenvalue weighted by Crippen LogP contribution is 2.18. The molecule has 7 nitrogen and oxygen atoms in total. The molecule has 0 spiro atoms. The van der Waals surface area contributed by atoms with E-state index in [9.17, 15) is 9.59 Å². The van der Waals surface area contributed by atoms with Crippen LogP contribution in [0.4, 0.5) is 10.5 Å². The lowest BCUT2D eigenvalue weighted by atomic mass is 9.99. The molecule has 2 N–H and O–H groups in total. The molecule has 1 aliphatic heterocycles. The first-order valence-corrected chi connectivity index (χ1v) is 6.26. The van der Waals surface area contributed by atoms with Crippen molar-refractivity contribution in [2.45, 2.75) is 19.8 Å². The minimum Gasteiger partial charge on any atom is -0.481 e. The summed E-state index contributed by atoms with van der Waals surface area (Å²) in [5.74, 6) is -1.30. The molecule has 0 bridgehead atoms. The molecule has 0 aromatic carbocycles. The molecular formula is C12H18N4O3. The number of carbonyl (C=O) groups excluding carboxylic acids is 1. The van der Waals surface area contributed by atoms with Gasteiger partial charge in [-0.15, -0.1) is 0 Å². The number of anilines is 1. The summed E-state index contributed by atoms with van der Waals surface area (Å²) in [5, 5.41) is 15.9. The van der Waals surface area contributed by atoms with E-state index in [0.29, 0.717) is 18.7 Å². The molecule has 1 atom stereocenters. The van der Waals surface area contributed by atoms with Crippen molar-refractivity contribution in [1.82, 2.24) is 14.7 Å². The van der Waals surface area contributed by atoms with Crippen LogP contribution in [0.2, 0.25) is 0 Å². The normalized spacial score (nSPS) is 19.3. The zero-order valence-electron chi connectivity index (χ0n) is 11.1. The number of aromatic nitrogens is 2. The fraction of sp³-hybridized carbons (Fsp3) is 0.583. The van der Waals surface area contributed by atoms with Crippen LogP contribution in [0.1, 0.15) is 18.5 Å². The van der Waals surface area contributed by atoms with Crippen LogP contribution in [0.3, 0.4) is 0 Å². The van der Waals surface area contributed by atoms with Crippen molar-refractivity contribution < 1.29 is 14.7 Å². The summed E-state index contributed by atoms with van der Waals surface area (Å²) < 4.78 is 1.63. The maximum Gasteiger partial charge on any atom is 0.321 e. The quantitative estimate of drug-likeness (QED) is 0.837. The first kappa shape index (κ1) is 13.4. The highest BCUT2D eigenvalue weighted by Gasteiger charge is 2.28. The lowest BCUT2D eigenvalue weighted by Crippen LogP contribution is -2.44. The molecule has 2 rings (SSSR count). The number of likely N-dealkylation sites (tertiary alicyclic amines) is 1. The lowest BCUT2D eigenvalue weighted by molar-refractivity contribution is -0.143. The van der Waals surface area contributed by atoms with Gasteiger partial charge in [0.2, 0.25) is 0 Å². The summed E-state index contributed by atoms with van der Waals surface area (Å²) in [6, 6.07) is -0.262. The molecule has 19 heavy (non-hydrogen) atoms. The second-order valence-electron chi connectivity index (χ2n) is 4.86. The Morgan fingerprint density at radius 1 is 1.53 bits per heavy atom. The molecule has 1 aromatic rings. The maximum absolute atomic E-state index is 12.1. The first-order chi connectivity index (χ1) is 8.97. The van der Waals surface area contributed by atoms with Crippen molar-refractivity contribution in [3.8, 4) is 0 Å². The van der Waals surface area contributed by atoms with Gasteiger partial charge in [-0.25, -0.2) is 4.79 Å². The number of carbonyl (C=O) groups is 2. The van der Waals surface area contributed by atoms with E-state index in [2.05, 4.69) is 10.4 Å². The number of amides is 2. The SMILES string of the molecule is Cc1nn(C)cc1NC(=O)N1CCC[C@@H](C(=O)O)C1. The predicted octanol–water partition coefficient (Wildman–Crippen LogP) is 1.06. The van der Waals surface area contributed by atoms with Gasteiger partial charge in [0.05, 0.1) is 17.3 Å². The Kier molecular flexibility index (Phi) is 3.73. The van der Waals surface area contributed by atoms with Crippen LogP contribution in [-0.2, 0) is 11.8 Å². The van der Waals surface area contributed by atoms with E-state index in [1.165, 1.54) is 0 Å². The van der Waals surface area contributed by atoms with Crippen molar-refractivity contribution in [1.29, 1.82) is 0 Å². The Hall–Kier alpha value is -2.05. The number of hydrogen-bond donors (Lipinski definition) is 2. The highest BCUT2D eigenvalue weighted by atomic mass is 16.4. The van der Waals surface area contributed by atoms with Gasteiger partial charge in [0.25, 0.3) is 0 Å². The predicted molar refractivity (Wildman–Crippen MR) is 68.9 cm³/mol. The van der Waals surface area contributed by atoms with E-state index >= 15 is 0 Å². The number of nitrogens with one attached hydrogen (secondary N) is 1. The average molecular weight is 266 g/mol. The number of aliphatic carboxylic acids is 1. The van der Waals surface area contributed by atoms with Gasteiger partial charge in [-0.05, 0) is 19.8 Å². The molecule has 0 unspecified atom stereocenters. The van der Waals surface area contributed by atoms with Crippen LogP contribution in [0.15, 0.2) is 6.20 Å². The summed E-state index contributed by atoms with van der Waals surface area (Å²) in [4.78, 5) is 24.6. The Bertz CT molecular complexity index is 497. The van der Waals surface area contributed by atoms with Gasteiger partial charge in [0.15, 0.2) is 0 Å². The van der Waals surface area contributed by atoms with Gasteiger partial charge in [0, 0.05) is 26.3 Å². The summed E-state index contributed by atoms with van der Waals surface area (Å²) in [7, 11) is 1.78. The third kappa shape index (κ3) is 3.04. The number of rotatable bonds is 2. The number of hydrogen-bond acceptors (Lipinski definition) is 3. The van der Waals surface area contributed by atoms with Gasteiger partial charge in [0.1, 0.15) is 0 Å². The number of carboxylic acid groups (broad SMARTS) is 1. The second kappa shape index (κ2) is 5.29. The number of urea groups is 1. The number of aryl methyl sites for hydroxylation is 2. The molecular weight excluding hydrogens is 248 g/mol. The monoisotopic (exact) mass is 266 g/mol. The highest BCUT2D eigenvalue weighted by molar-refractivity contribution is 5.90. The molecule has 0 saturated carbocycles. The van der Waals surface area contributed by atoms with Crippen molar-refractivity contribution in [3.05, 3.63) is 11.9 Å². The molecule has 0 radical (unpaired) electrons. The molecule has 2 heterocycles. The van der Waals surface area contributed by atoms with Crippen LogP contribution < -0.4 is 5.32 Å². The van der Waals surface area contributed by atoms with E-state index in [1.807, 2.05) is 6.92 Å². The van der Waals surface area contributed by atoms with Crippen molar-refractivity contribution in [3.63, 3.8) is 0 Å². The zero-order chi connectivity index (χ0) is 14.0. The minimum atomic E-state index is -0.838. The Morgan fingerprint density at radius 3 is 2.84 bits per heavy atom. The van der Waals surface area contributed by atoms with Crippen LogP contribution in [0.5, 0.6) is 0 Å². The van der Waals surface area contributed by atoms with E-state index in [1.54, 1.807) is 22.8 Å². The summed E-state index contributed by atoms with van der Waals surface area (Å²) >= 11 is 0. The Balaban J connectivity index is 2.00. The van der Waals surface area contributed by atoms with E-state index < -0.39 is 11.9 Å². The fourth-order valence-corrected chi connectivity index (χ4v) is 2.28. The maximum atomic E-state index is 12.1. The van der Waals surface area contributed by atoms with Crippen LogP contribution in [-0.4, -0.2) is 44.9 Å². The molecule has 0 aliphatic carbocycles. The standard InChI is InChI=1S/C12H18N4O3/c1-8-10(7-15(2)14-8)13-12(19)16-5-3-4-9(6-16)11(17)18/h7,9H,3-6H2,1-2H3,(H,13,19)(H,17,18)/t9-/m1/s1. The van der Waals surface area contributed by atoms with Crippen molar-refractivity contribution in [2.75, 3.05) is 18.4 Å². The van der Waals surface area contributed by atoms with Crippen LogP contribution >= 0.6 is 0 Å². The molecule has 1 fully saturated rings. The average Bonchev–Trinajstić information content (AvgIpc) is 2.68. The Labute approximate surface area is 111 Å². The summed E-state index contributed by atoms with van der Waals surface area (Å²) in [6.45, 7) is 2.67. The first-order valence-electron chi connectivity index (χ1n) is 6.26. The number of nitrogens with zero attached hydrogens (tertiary/aromatic N) is 3. The fourth-order valence-electron chi connectivity index (χ4n) is 2.28. The zero-order valence-corrected chi connectivity index (χ0v) is 11.1. The third-order valence-electron chi connectivity index (χ3n) is 3.31. The summed E-state index contributed by atoms with van der Waals surface area (Å²) in [5.41, 5.74) is 1.40. The molecule has 104 valence electrons. The third-order valence-corrected chi connectivity index (χ3v) is 3.31. The van der Waals surface area contributed by atoms with Gasteiger partial charge in [-0.1, -0.05) is 0 Å². The van der Waals surface area contributed by atoms with E-state index in [-0.39, 0.29) is 12.6 Å². The van der Waals surface area contributed by atoms with Gasteiger partial charge >= 0.3 is 12.0 Å². The van der Waals surface area contributed by atoms with Crippen molar-refractivity contribution in [2.24, 2.45) is 13.0 Å². The molecule has 1 aromatic heterocycles. The number of carboxylic acids is 1. The van der Waals surface area contributed by atoms with E-state index in [0.717, 1.165) is 12.1 Å². The Morgan fingerprint density at radius 2 is 2.26 bits per heavy atom. The van der Waals surface area contributed by atoms with Crippen LogP contribution in [0, 0.1) is 12.8 Å². The minimum absolute atomic E-state index is 0.262. The smallest absolute Gasteiger partial charge is 0.321 e. The molecule has 1 aliphatic rings. The van der Waals surface area contributed by atoms with Crippen molar-refractivity contribution >= 4 is 17.7 Å². The van der Waals surface area contributed by atoms with E-state index in [4.69, 9.17) is 5.11 Å². The largest absolute Gasteiger partial charge is 0.481 e. The summed E-state index contributed by atoms with van der Waals surface area (Å²) in [6.07, 6.45) is 3.08. The van der Waals surface area contributed by atoms with Crippen LogP contribution in [0.25, 0.3) is 0 Å². The van der Waals surface area contributed by atoms with Gasteiger partial charge in [-0.2, -0.15) is 5.10 Å². The molecule has 2 amide bonds. The number of piperidine rings is 1. The van der Waals surface area contributed by atoms with Gasteiger partial charge in [-0.3, -0.25) is 9.48 Å².